The van der Waals surface area contributed by atoms with Gasteiger partial charge in [-0.1, -0.05) is 44.2 Å². The van der Waals surface area contributed by atoms with Crippen molar-refractivity contribution in [3.63, 3.8) is 0 Å². The summed E-state index contributed by atoms with van der Waals surface area (Å²) in [7, 11) is 0. The molecular formula is C34H46N6O4S. The molecular weight excluding hydrogens is 588 g/mol. The molecule has 11 heteroatoms. The second kappa shape index (κ2) is 13.4. The lowest BCUT2D eigenvalue weighted by Gasteiger charge is -2.34. The molecule has 2 saturated heterocycles. The fourth-order valence-electron chi connectivity index (χ4n) is 6.81. The first-order valence-corrected chi connectivity index (χ1v) is 17.2. The Kier molecular flexibility index (Phi) is 9.54. The predicted molar refractivity (Wildman–Crippen MR) is 175 cm³/mol. The fourth-order valence-corrected chi connectivity index (χ4v) is 7.65. The number of pyridine rings is 1. The van der Waals surface area contributed by atoms with Crippen molar-refractivity contribution < 1.29 is 19.8 Å². The van der Waals surface area contributed by atoms with E-state index in [0.717, 1.165) is 73.3 Å². The maximum absolute atomic E-state index is 13.7. The summed E-state index contributed by atoms with van der Waals surface area (Å²) in [5.41, 5.74) is 4.68. The first-order chi connectivity index (χ1) is 21.5. The first kappa shape index (κ1) is 32.0. The van der Waals surface area contributed by atoms with Crippen LogP contribution in [0.3, 0.4) is 0 Å². The molecule has 0 radical (unpaired) electrons. The Morgan fingerprint density at radius 3 is 2.62 bits per heavy atom. The number of aliphatic hydroxyl groups excluding tert-OH is 2. The van der Waals surface area contributed by atoms with Gasteiger partial charge < -0.3 is 31.1 Å². The largest absolute Gasteiger partial charge is 0.393 e. The van der Waals surface area contributed by atoms with Gasteiger partial charge in [0.15, 0.2) is 5.01 Å². The van der Waals surface area contributed by atoms with Crippen LogP contribution in [-0.4, -0.2) is 87.9 Å². The van der Waals surface area contributed by atoms with Gasteiger partial charge in [-0.15, -0.1) is 0 Å². The van der Waals surface area contributed by atoms with Crippen LogP contribution in [-0.2, 0) is 12.8 Å². The van der Waals surface area contributed by atoms with Crippen molar-refractivity contribution >= 4 is 33.5 Å². The van der Waals surface area contributed by atoms with Crippen molar-refractivity contribution in [2.24, 2.45) is 11.3 Å². The van der Waals surface area contributed by atoms with Gasteiger partial charge in [-0.2, -0.15) is 0 Å². The number of benzene rings is 1. The van der Waals surface area contributed by atoms with Gasteiger partial charge >= 0.3 is 0 Å². The fraction of sp³-hybridized carbons (Fsp3) is 0.588. The monoisotopic (exact) mass is 634 g/mol. The van der Waals surface area contributed by atoms with E-state index in [2.05, 4.69) is 47.7 Å². The summed E-state index contributed by atoms with van der Waals surface area (Å²) in [4.78, 5) is 39.6. The predicted octanol–water partition coefficient (Wildman–Crippen LogP) is 3.22. The average molecular weight is 635 g/mol. The number of nitrogens with one attached hydrogen (secondary N) is 3. The number of aryl methyl sites for hydroxylation is 1. The molecule has 0 saturated carbocycles. The lowest BCUT2D eigenvalue weighted by Crippen LogP contribution is -2.42. The number of amides is 2. The highest BCUT2D eigenvalue weighted by atomic mass is 32.1. The molecule has 3 aliphatic rings. The molecule has 1 unspecified atom stereocenters. The molecule has 45 heavy (non-hydrogen) atoms. The van der Waals surface area contributed by atoms with E-state index in [1.165, 1.54) is 16.9 Å². The van der Waals surface area contributed by atoms with Crippen LogP contribution in [0.5, 0.6) is 0 Å². The molecule has 1 aliphatic carbocycles. The third-order valence-electron chi connectivity index (χ3n) is 9.81. The van der Waals surface area contributed by atoms with Gasteiger partial charge in [0.05, 0.1) is 24.3 Å². The van der Waals surface area contributed by atoms with Crippen molar-refractivity contribution in [2.75, 3.05) is 32.7 Å². The Bertz CT molecular complexity index is 1530. The number of likely N-dealkylation sites (tertiary alicyclic amines) is 1. The van der Waals surface area contributed by atoms with Gasteiger partial charge in [0.1, 0.15) is 10.3 Å². The normalized spacial score (nSPS) is 23.5. The van der Waals surface area contributed by atoms with E-state index >= 15 is 0 Å². The average Bonchev–Trinajstić information content (AvgIpc) is 3.63. The maximum atomic E-state index is 13.7. The zero-order chi connectivity index (χ0) is 31.7. The van der Waals surface area contributed by atoms with Crippen LogP contribution < -0.4 is 16.0 Å². The first-order valence-electron chi connectivity index (χ1n) is 16.3. The van der Waals surface area contributed by atoms with Crippen LogP contribution in [0, 0.1) is 11.3 Å². The number of fused-ring (bicyclic) bond motifs is 2. The molecule has 4 atom stereocenters. The van der Waals surface area contributed by atoms with Gasteiger partial charge in [0.2, 0.25) is 0 Å². The molecule has 4 heterocycles. The van der Waals surface area contributed by atoms with E-state index in [-0.39, 0.29) is 35.4 Å². The highest BCUT2D eigenvalue weighted by molar-refractivity contribution is 7.19. The quantitative estimate of drug-likeness (QED) is 0.255. The molecule has 0 spiro atoms. The minimum Gasteiger partial charge on any atom is -0.393 e. The molecule has 6 rings (SSSR count). The molecule has 2 amide bonds. The van der Waals surface area contributed by atoms with Gasteiger partial charge in [-0.25, -0.2) is 9.97 Å². The Hall–Kier alpha value is -2.96. The van der Waals surface area contributed by atoms with Crippen molar-refractivity contribution in [2.45, 2.75) is 83.6 Å². The van der Waals surface area contributed by atoms with Crippen LogP contribution in [0.2, 0.25) is 0 Å². The number of aromatic nitrogens is 2. The highest BCUT2D eigenvalue weighted by Crippen LogP contribution is 2.38. The number of carbonyl (C=O) groups excluding carboxylic acids is 2. The third kappa shape index (κ3) is 7.55. The Labute approximate surface area is 269 Å². The van der Waals surface area contributed by atoms with E-state index in [9.17, 15) is 19.8 Å². The molecule has 1 aromatic carbocycles. The lowest BCUT2D eigenvalue weighted by molar-refractivity contribution is 0.0795. The number of piperidine rings is 1. The zero-order valence-electron chi connectivity index (χ0n) is 26.5. The lowest BCUT2D eigenvalue weighted by atomic mass is 9.71. The van der Waals surface area contributed by atoms with Crippen LogP contribution in [0.15, 0.2) is 30.3 Å². The van der Waals surface area contributed by atoms with Gasteiger partial charge in [-0.05, 0) is 79.2 Å². The Morgan fingerprint density at radius 2 is 1.89 bits per heavy atom. The molecule has 0 bridgehead atoms. The highest BCUT2D eigenvalue weighted by Gasteiger charge is 2.31. The van der Waals surface area contributed by atoms with E-state index in [1.807, 2.05) is 18.2 Å². The van der Waals surface area contributed by atoms with Crippen molar-refractivity contribution in [3.8, 4) is 0 Å². The smallest absolute Gasteiger partial charge is 0.280 e. The number of β-amino-alcohol motifs (C(OH)–C–C–N with tert-alkyl or cyclic N) is 1. The van der Waals surface area contributed by atoms with Crippen molar-refractivity contribution in [1.82, 2.24) is 30.8 Å². The Morgan fingerprint density at radius 1 is 1.09 bits per heavy atom. The summed E-state index contributed by atoms with van der Waals surface area (Å²) in [6.45, 7) is 10.2. The number of thiazole rings is 1. The summed E-state index contributed by atoms with van der Waals surface area (Å²) in [5.74, 6) is 0.0829. The second-order valence-electron chi connectivity index (χ2n) is 14.1. The number of hydrogen-bond donors (Lipinski definition) is 5. The maximum Gasteiger partial charge on any atom is 0.280 e. The second-order valence-corrected chi connectivity index (χ2v) is 15.0. The Balaban J connectivity index is 1.21. The minimum absolute atomic E-state index is 0.232. The minimum atomic E-state index is -0.624. The van der Waals surface area contributed by atoms with E-state index < -0.39 is 6.10 Å². The standard InChI is InChI=1S/C34H46N6O4S/c1-34(2,3)23-7-8-25-22(16-23)17-27-32(38-25)45-33(39-27)31(44)36-26(11-14-40-12-9-24(41)10-13-40)20-5-4-6-21(15-20)30(43)37-28-18-35-19-29(28)42/h4-6,15,17,23-24,26,28-29,35,41-42H,7-14,16,18-19H2,1-3H3,(H,36,44)(H,37,43)/t23-,26?,28+,29+/m0/s1. The van der Waals surface area contributed by atoms with Crippen molar-refractivity contribution in [1.29, 1.82) is 0 Å². The molecule has 242 valence electrons. The summed E-state index contributed by atoms with van der Waals surface area (Å²) in [5, 5.41) is 29.7. The molecule has 2 fully saturated rings. The van der Waals surface area contributed by atoms with Gasteiger partial charge in [0, 0.05) is 44.0 Å². The number of nitrogens with zero attached hydrogens (tertiary/aromatic N) is 3. The molecule has 2 aliphatic heterocycles. The topological polar surface area (TPSA) is 140 Å². The van der Waals surface area contributed by atoms with E-state index in [0.29, 0.717) is 36.0 Å². The van der Waals surface area contributed by atoms with Crippen LogP contribution in [0.4, 0.5) is 0 Å². The van der Waals surface area contributed by atoms with Gasteiger partial charge in [-0.3, -0.25) is 9.59 Å². The summed E-state index contributed by atoms with van der Waals surface area (Å²) in [6, 6.07) is 8.79. The van der Waals surface area contributed by atoms with Crippen LogP contribution in [0.1, 0.15) is 89.5 Å². The summed E-state index contributed by atoms with van der Waals surface area (Å²) in [6.07, 6.45) is 4.30. The molecule has 5 N–H and O–H groups in total. The molecule has 3 aromatic rings. The zero-order valence-corrected chi connectivity index (χ0v) is 27.3. The molecule has 2 aromatic heterocycles. The van der Waals surface area contributed by atoms with Gasteiger partial charge in [0.25, 0.3) is 11.8 Å². The number of rotatable bonds is 8. The summed E-state index contributed by atoms with van der Waals surface area (Å²) < 4.78 is 0. The number of hydrogen-bond acceptors (Lipinski definition) is 9. The van der Waals surface area contributed by atoms with Crippen molar-refractivity contribution in [3.05, 3.63) is 57.7 Å². The molecule has 10 nitrogen and oxygen atoms in total. The SMILES string of the molecule is CC(C)(C)[C@H]1CCc2nc3sc(C(=O)NC(CCN4CCC(O)CC4)c4cccc(C(=O)N[C@@H]5CNC[C@H]5O)c4)nc3cc2C1. The van der Waals surface area contributed by atoms with Crippen LogP contribution >= 0.6 is 11.3 Å². The third-order valence-corrected chi connectivity index (χ3v) is 10.8. The van der Waals surface area contributed by atoms with Crippen LogP contribution in [0.25, 0.3) is 10.3 Å². The summed E-state index contributed by atoms with van der Waals surface area (Å²) >= 11 is 1.33. The number of carbonyl (C=O) groups is 2. The number of aliphatic hydroxyl groups is 2. The van der Waals surface area contributed by atoms with E-state index in [4.69, 9.17) is 9.97 Å². The van der Waals surface area contributed by atoms with E-state index in [1.54, 1.807) is 6.07 Å².